The molecule has 0 atom stereocenters. The summed E-state index contributed by atoms with van der Waals surface area (Å²) in [6, 6.07) is 45.8. The Morgan fingerprint density at radius 3 is 2.03 bits per heavy atom. The standard InChI is InChI=1S/C32H19N5.Pt/c1-3-12-23(13-4-1)34-22-35(26-17-8-7-16-25(26)34)29-20-11-21-30-31(29)33-32-36(24-14-5-2-6-15-24)27-18-9-10-19-28(27)37(30)32;/h1-12,14,16-21H;/q-2;. The molecule has 0 unspecified atom stereocenters. The van der Waals surface area contributed by atoms with Gasteiger partial charge in [0.2, 0.25) is 5.78 Å². The Morgan fingerprint density at radius 1 is 0.605 bits per heavy atom. The summed E-state index contributed by atoms with van der Waals surface area (Å²) < 4.78 is 8.57. The van der Waals surface area contributed by atoms with Gasteiger partial charge in [-0.25, -0.2) is 4.98 Å². The Kier molecular flexibility index (Phi) is 5.27. The number of aromatic nitrogens is 5. The number of rotatable bonds is 3. The van der Waals surface area contributed by atoms with E-state index in [1.54, 1.807) is 0 Å². The van der Waals surface area contributed by atoms with Crippen LogP contribution in [0.4, 0.5) is 0 Å². The maximum atomic E-state index is 5.24. The SMILES string of the molecule is [Pt].[c-]1ccccc1-n1[c-][n+](-c2cccc3c2nc2n(-c4[c-]cccc4)c4ccccc4n32)c2ccccc21. The number of imidazole rings is 3. The smallest absolute Gasteiger partial charge is 0.268 e. The van der Waals surface area contributed by atoms with Gasteiger partial charge in [-0.3, -0.25) is 8.97 Å². The van der Waals surface area contributed by atoms with Crippen molar-refractivity contribution in [2.24, 2.45) is 0 Å². The van der Waals surface area contributed by atoms with Crippen LogP contribution >= 0.6 is 0 Å². The molecule has 3 aromatic heterocycles. The Balaban J connectivity index is 0.00000242. The second kappa shape index (κ2) is 8.83. The Labute approximate surface area is 233 Å². The quantitative estimate of drug-likeness (QED) is 0.167. The first-order chi connectivity index (χ1) is 18.4. The van der Waals surface area contributed by atoms with Crippen molar-refractivity contribution in [2.45, 2.75) is 0 Å². The summed E-state index contributed by atoms with van der Waals surface area (Å²) in [5.74, 6) is 0.854. The minimum atomic E-state index is 0. The first-order valence-corrected chi connectivity index (χ1v) is 12.2. The molecule has 0 fully saturated rings. The fourth-order valence-electron chi connectivity index (χ4n) is 5.29. The van der Waals surface area contributed by atoms with Crippen LogP contribution < -0.4 is 4.57 Å². The van der Waals surface area contributed by atoms with E-state index in [9.17, 15) is 0 Å². The van der Waals surface area contributed by atoms with Crippen LogP contribution in [-0.2, 0) is 21.1 Å². The van der Waals surface area contributed by atoms with Crippen molar-refractivity contribution in [2.75, 3.05) is 0 Å². The first kappa shape index (κ1) is 22.7. The summed E-state index contributed by atoms with van der Waals surface area (Å²) >= 11 is 0. The minimum Gasteiger partial charge on any atom is -0.315 e. The predicted octanol–water partition coefficient (Wildman–Crippen LogP) is 6.05. The maximum Gasteiger partial charge on any atom is 0.268 e. The van der Waals surface area contributed by atoms with E-state index in [2.05, 4.69) is 109 Å². The monoisotopic (exact) mass is 668 g/mol. The van der Waals surface area contributed by atoms with Crippen LogP contribution in [-0.4, -0.2) is 18.5 Å². The third-order valence-electron chi connectivity index (χ3n) is 6.88. The zero-order chi connectivity index (χ0) is 24.3. The molecule has 0 saturated heterocycles. The van der Waals surface area contributed by atoms with E-state index in [0.29, 0.717) is 0 Å². The molecule has 0 bridgehead atoms. The summed E-state index contributed by atoms with van der Waals surface area (Å²) in [5.41, 5.74) is 9.13. The summed E-state index contributed by atoms with van der Waals surface area (Å²) in [6.07, 6.45) is 3.57. The van der Waals surface area contributed by atoms with Crippen LogP contribution in [0.25, 0.3) is 55.9 Å². The Hall–Kier alpha value is -4.47. The molecule has 0 aliphatic carbocycles. The third-order valence-corrected chi connectivity index (χ3v) is 6.88. The Bertz CT molecular complexity index is 2090. The zero-order valence-corrected chi connectivity index (χ0v) is 22.3. The minimum absolute atomic E-state index is 0. The second-order valence-corrected chi connectivity index (χ2v) is 8.97. The number of hydrogen-bond donors (Lipinski definition) is 0. The molecule has 0 amide bonds. The van der Waals surface area contributed by atoms with E-state index < -0.39 is 0 Å². The van der Waals surface area contributed by atoms with Crippen LogP contribution in [0.15, 0.2) is 115 Å². The van der Waals surface area contributed by atoms with Gasteiger partial charge in [0.05, 0.1) is 33.3 Å². The van der Waals surface area contributed by atoms with E-state index in [1.165, 1.54) is 0 Å². The molecular formula is C32H19N5Pt-2. The molecule has 38 heavy (non-hydrogen) atoms. The van der Waals surface area contributed by atoms with Gasteiger partial charge in [0, 0.05) is 21.1 Å². The van der Waals surface area contributed by atoms with Gasteiger partial charge in [-0.1, -0.05) is 48.2 Å². The molecule has 5 aromatic carbocycles. The van der Waals surface area contributed by atoms with Crippen molar-refractivity contribution >= 4 is 38.9 Å². The van der Waals surface area contributed by atoms with E-state index in [0.717, 1.165) is 55.9 Å². The molecule has 0 spiro atoms. The van der Waals surface area contributed by atoms with Crippen molar-refractivity contribution in [3.8, 4) is 17.1 Å². The molecule has 184 valence electrons. The second-order valence-electron chi connectivity index (χ2n) is 8.97. The molecule has 0 aliphatic heterocycles. The van der Waals surface area contributed by atoms with E-state index in [-0.39, 0.29) is 21.1 Å². The normalized spacial score (nSPS) is 11.5. The number of hydrogen-bond acceptors (Lipinski definition) is 1. The van der Waals surface area contributed by atoms with E-state index >= 15 is 0 Å². The van der Waals surface area contributed by atoms with E-state index in [1.807, 2.05) is 42.5 Å². The van der Waals surface area contributed by atoms with Gasteiger partial charge in [-0.2, -0.15) is 54.6 Å². The fourth-order valence-corrected chi connectivity index (χ4v) is 5.29. The number of nitrogens with zero attached hydrogens (tertiary/aromatic N) is 5. The van der Waals surface area contributed by atoms with Gasteiger partial charge in [-0.05, 0) is 30.0 Å². The predicted molar refractivity (Wildman–Crippen MR) is 144 cm³/mol. The largest absolute Gasteiger partial charge is 0.315 e. The first-order valence-electron chi connectivity index (χ1n) is 12.2. The molecule has 8 rings (SSSR count). The summed E-state index contributed by atoms with van der Waals surface area (Å²) in [6.45, 7) is 0. The molecule has 0 N–H and O–H groups in total. The molecular weight excluding hydrogens is 649 g/mol. The van der Waals surface area contributed by atoms with Crippen LogP contribution in [0.5, 0.6) is 0 Å². The molecule has 0 saturated carbocycles. The van der Waals surface area contributed by atoms with Crippen molar-refractivity contribution in [1.29, 1.82) is 0 Å². The Morgan fingerprint density at radius 2 is 1.26 bits per heavy atom. The van der Waals surface area contributed by atoms with Crippen molar-refractivity contribution in [1.82, 2.24) is 18.5 Å². The van der Waals surface area contributed by atoms with Crippen molar-refractivity contribution in [3.05, 3.63) is 134 Å². The number of fused-ring (bicyclic) bond motifs is 6. The van der Waals surface area contributed by atoms with Crippen LogP contribution in [0.1, 0.15) is 0 Å². The topological polar surface area (TPSA) is 31.0 Å². The van der Waals surface area contributed by atoms with Crippen molar-refractivity contribution in [3.63, 3.8) is 0 Å². The van der Waals surface area contributed by atoms with Gasteiger partial charge in [0.1, 0.15) is 5.52 Å². The average molecular weight is 669 g/mol. The summed E-state index contributed by atoms with van der Waals surface area (Å²) in [7, 11) is 0. The molecule has 3 heterocycles. The molecule has 0 radical (unpaired) electrons. The fraction of sp³-hybridized carbons (Fsp3) is 0. The molecule has 5 nitrogen and oxygen atoms in total. The van der Waals surface area contributed by atoms with Crippen LogP contribution in [0, 0.1) is 18.5 Å². The van der Waals surface area contributed by atoms with Crippen LogP contribution in [0.3, 0.4) is 0 Å². The maximum absolute atomic E-state index is 5.24. The molecule has 6 heteroatoms. The van der Waals surface area contributed by atoms with Crippen LogP contribution in [0.2, 0.25) is 0 Å². The summed E-state index contributed by atoms with van der Waals surface area (Å²) in [4.78, 5) is 5.24. The van der Waals surface area contributed by atoms with Gasteiger partial charge < -0.3 is 9.13 Å². The van der Waals surface area contributed by atoms with E-state index in [4.69, 9.17) is 4.98 Å². The zero-order valence-electron chi connectivity index (χ0n) is 20.0. The average Bonchev–Trinajstić information content (AvgIpc) is 3.63. The van der Waals surface area contributed by atoms with Crippen molar-refractivity contribution < 1.29 is 25.6 Å². The van der Waals surface area contributed by atoms with Gasteiger partial charge in [0.15, 0.2) is 0 Å². The number of benzene rings is 5. The molecule has 8 aromatic rings. The summed E-state index contributed by atoms with van der Waals surface area (Å²) in [5, 5.41) is 0. The van der Waals surface area contributed by atoms with Gasteiger partial charge in [-0.15, -0.1) is 6.07 Å². The number of para-hydroxylation sites is 7. The third kappa shape index (κ3) is 3.22. The van der Waals surface area contributed by atoms with Gasteiger partial charge >= 0.3 is 0 Å². The van der Waals surface area contributed by atoms with Gasteiger partial charge in [0.25, 0.3) is 6.33 Å². The molecule has 0 aliphatic rings.